The number of aromatic amines is 2. The average Bonchev–Trinajstić information content (AvgIpc) is 3.60. The first-order chi connectivity index (χ1) is 15.8. The van der Waals surface area contributed by atoms with Gasteiger partial charge in [0.05, 0.1) is 29.1 Å². The summed E-state index contributed by atoms with van der Waals surface area (Å²) in [7, 11) is 0. The van der Waals surface area contributed by atoms with Crippen LogP contribution >= 0.6 is 0 Å². The molecule has 1 aromatic carbocycles. The van der Waals surface area contributed by atoms with Gasteiger partial charge in [0.25, 0.3) is 0 Å². The lowest BCUT2D eigenvalue weighted by Gasteiger charge is -2.16. The zero-order valence-corrected chi connectivity index (χ0v) is 17.8. The highest BCUT2D eigenvalue weighted by molar-refractivity contribution is 5.91. The Kier molecular flexibility index (Phi) is 4.54. The Morgan fingerprint density at radius 3 is 2.72 bits per heavy atom. The lowest BCUT2D eigenvalue weighted by atomic mass is 9.97. The molecule has 7 nitrogen and oxygen atoms in total. The van der Waals surface area contributed by atoms with E-state index >= 15 is 0 Å². The third-order valence-corrected chi connectivity index (χ3v) is 6.13. The molecule has 5 heterocycles. The van der Waals surface area contributed by atoms with Crippen LogP contribution in [0, 0.1) is 6.92 Å². The number of nitrogens with one attached hydrogen (secondary N) is 3. The van der Waals surface area contributed by atoms with E-state index in [1.54, 1.807) is 0 Å². The first-order valence-corrected chi connectivity index (χ1v) is 10.9. The maximum absolute atomic E-state index is 5.09. The van der Waals surface area contributed by atoms with Crippen molar-refractivity contribution in [2.45, 2.75) is 25.8 Å². The molecule has 158 valence electrons. The SMILES string of the molecule is Cc1cccc(-c2n[nH]cc2-c2ccc3nc(C4CCCN4)c(-c4cn[nH]c4)cc3c2)n1. The van der Waals surface area contributed by atoms with Gasteiger partial charge in [0, 0.05) is 40.2 Å². The van der Waals surface area contributed by atoms with Crippen molar-refractivity contribution in [3.8, 4) is 33.6 Å². The van der Waals surface area contributed by atoms with Crippen molar-refractivity contribution < 1.29 is 0 Å². The van der Waals surface area contributed by atoms with Gasteiger partial charge in [0.15, 0.2) is 0 Å². The Morgan fingerprint density at radius 2 is 1.91 bits per heavy atom. The molecule has 1 fully saturated rings. The second-order valence-corrected chi connectivity index (χ2v) is 8.28. The quantitative estimate of drug-likeness (QED) is 0.387. The highest BCUT2D eigenvalue weighted by atomic mass is 15.1. The fourth-order valence-corrected chi connectivity index (χ4v) is 4.55. The third kappa shape index (κ3) is 3.27. The van der Waals surface area contributed by atoms with Crippen LogP contribution in [0.25, 0.3) is 44.5 Å². The van der Waals surface area contributed by atoms with E-state index in [0.29, 0.717) is 0 Å². The Hall–Kier alpha value is -3.84. The minimum Gasteiger partial charge on any atom is -0.309 e. The standard InChI is InChI=1S/C25H23N7/c1-15-4-2-5-23(30-15)25-20(14-29-32-25)16-7-8-21-17(10-16)11-19(18-12-27-28-13-18)24(31-21)22-6-3-9-26-22/h2,4-5,7-8,10-14,22,26H,3,6,9H2,1H3,(H,27,28)(H,29,32). The summed E-state index contributed by atoms with van der Waals surface area (Å²) in [6.07, 6.45) is 8.00. The van der Waals surface area contributed by atoms with Crippen molar-refractivity contribution in [1.82, 2.24) is 35.7 Å². The lowest BCUT2D eigenvalue weighted by molar-refractivity contribution is 0.632. The number of H-pyrrole nitrogens is 2. The molecule has 0 saturated carbocycles. The van der Waals surface area contributed by atoms with Crippen molar-refractivity contribution in [1.29, 1.82) is 0 Å². The molecule has 0 spiro atoms. The minimum atomic E-state index is 0.275. The number of pyridine rings is 2. The average molecular weight is 422 g/mol. The number of nitrogens with zero attached hydrogens (tertiary/aromatic N) is 4. The lowest BCUT2D eigenvalue weighted by Crippen LogP contribution is -2.15. The molecular weight excluding hydrogens is 398 g/mol. The fourth-order valence-electron chi connectivity index (χ4n) is 4.55. The van der Waals surface area contributed by atoms with Crippen molar-refractivity contribution in [2.75, 3.05) is 6.54 Å². The molecule has 3 N–H and O–H groups in total. The summed E-state index contributed by atoms with van der Waals surface area (Å²) >= 11 is 0. The molecule has 1 unspecified atom stereocenters. The van der Waals surface area contributed by atoms with Crippen LogP contribution in [-0.4, -0.2) is 36.9 Å². The number of hydrogen-bond donors (Lipinski definition) is 3. The maximum Gasteiger partial charge on any atom is 0.118 e. The molecule has 0 aliphatic carbocycles. The van der Waals surface area contributed by atoms with Gasteiger partial charge < -0.3 is 5.32 Å². The molecule has 4 aromatic heterocycles. The third-order valence-electron chi connectivity index (χ3n) is 6.13. The molecule has 1 atom stereocenters. The van der Waals surface area contributed by atoms with E-state index in [-0.39, 0.29) is 6.04 Å². The van der Waals surface area contributed by atoms with E-state index in [0.717, 1.165) is 68.9 Å². The second kappa shape index (κ2) is 7.69. The Morgan fingerprint density at radius 1 is 0.938 bits per heavy atom. The summed E-state index contributed by atoms with van der Waals surface area (Å²) in [5.74, 6) is 0. The monoisotopic (exact) mass is 421 g/mol. The Labute approximate surface area is 185 Å². The van der Waals surface area contributed by atoms with Gasteiger partial charge in [0.2, 0.25) is 0 Å². The molecule has 1 aliphatic heterocycles. The van der Waals surface area contributed by atoms with Crippen LogP contribution in [0.4, 0.5) is 0 Å². The molecule has 0 radical (unpaired) electrons. The zero-order valence-electron chi connectivity index (χ0n) is 17.8. The molecule has 0 amide bonds. The zero-order chi connectivity index (χ0) is 21.5. The van der Waals surface area contributed by atoms with Crippen LogP contribution in [0.2, 0.25) is 0 Å². The first kappa shape index (κ1) is 18.9. The topological polar surface area (TPSA) is 95.2 Å². The van der Waals surface area contributed by atoms with Crippen LogP contribution in [0.3, 0.4) is 0 Å². The van der Waals surface area contributed by atoms with Gasteiger partial charge in [-0.05, 0) is 62.2 Å². The van der Waals surface area contributed by atoms with E-state index in [2.05, 4.69) is 55.0 Å². The van der Waals surface area contributed by atoms with E-state index in [4.69, 9.17) is 4.98 Å². The second-order valence-electron chi connectivity index (χ2n) is 8.28. The summed E-state index contributed by atoms with van der Waals surface area (Å²) < 4.78 is 0. The summed E-state index contributed by atoms with van der Waals surface area (Å²) in [4.78, 5) is 9.74. The van der Waals surface area contributed by atoms with Crippen molar-refractivity contribution >= 4 is 10.9 Å². The predicted octanol–water partition coefficient (Wildman–Crippen LogP) is 4.81. The fraction of sp³-hybridized carbons (Fsp3) is 0.200. The van der Waals surface area contributed by atoms with Gasteiger partial charge in [-0.3, -0.25) is 20.2 Å². The van der Waals surface area contributed by atoms with Gasteiger partial charge in [-0.1, -0.05) is 12.1 Å². The number of fused-ring (bicyclic) bond motifs is 1. The number of benzene rings is 1. The summed E-state index contributed by atoms with van der Waals surface area (Å²) in [5, 5.41) is 19.3. The Balaban J connectivity index is 1.49. The molecular formula is C25H23N7. The van der Waals surface area contributed by atoms with E-state index in [1.807, 2.05) is 43.7 Å². The normalized spacial score (nSPS) is 16.1. The van der Waals surface area contributed by atoms with E-state index in [9.17, 15) is 0 Å². The molecule has 1 aliphatic rings. The molecule has 5 aromatic rings. The van der Waals surface area contributed by atoms with Crippen molar-refractivity contribution in [3.63, 3.8) is 0 Å². The summed E-state index contributed by atoms with van der Waals surface area (Å²) in [6.45, 7) is 3.02. The highest BCUT2D eigenvalue weighted by Gasteiger charge is 2.23. The van der Waals surface area contributed by atoms with E-state index < -0.39 is 0 Å². The number of aryl methyl sites for hydroxylation is 1. The van der Waals surface area contributed by atoms with E-state index in [1.165, 1.54) is 6.42 Å². The van der Waals surface area contributed by atoms with Crippen LogP contribution in [0.5, 0.6) is 0 Å². The van der Waals surface area contributed by atoms with Gasteiger partial charge in [0.1, 0.15) is 5.69 Å². The smallest absolute Gasteiger partial charge is 0.118 e. The molecule has 0 bridgehead atoms. The summed E-state index contributed by atoms with van der Waals surface area (Å²) in [6, 6.07) is 14.9. The number of aromatic nitrogens is 6. The summed E-state index contributed by atoms with van der Waals surface area (Å²) in [5.41, 5.74) is 9.05. The van der Waals surface area contributed by atoms with Gasteiger partial charge >= 0.3 is 0 Å². The van der Waals surface area contributed by atoms with Crippen LogP contribution in [0.15, 0.2) is 61.1 Å². The maximum atomic E-state index is 5.09. The molecule has 6 rings (SSSR count). The largest absolute Gasteiger partial charge is 0.309 e. The molecule has 7 heteroatoms. The van der Waals surface area contributed by atoms with Crippen LogP contribution in [-0.2, 0) is 0 Å². The van der Waals surface area contributed by atoms with Crippen molar-refractivity contribution in [2.24, 2.45) is 0 Å². The minimum absolute atomic E-state index is 0.275. The number of hydrogen-bond acceptors (Lipinski definition) is 5. The first-order valence-electron chi connectivity index (χ1n) is 10.9. The number of rotatable bonds is 4. The highest BCUT2D eigenvalue weighted by Crippen LogP contribution is 2.36. The Bertz CT molecular complexity index is 1400. The van der Waals surface area contributed by atoms with Gasteiger partial charge in [-0.2, -0.15) is 10.2 Å². The molecule has 32 heavy (non-hydrogen) atoms. The van der Waals surface area contributed by atoms with Crippen molar-refractivity contribution in [3.05, 3.63) is 72.4 Å². The predicted molar refractivity (Wildman–Crippen MR) is 125 cm³/mol. The van der Waals surface area contributed by atoms with Gasteiger partial charge in [-0.25, -0.2) is 0 Å². The van der Waals surface area contributed by atoms with Crippen LogP contribution in [0.1, 0.15) is 30.3 Å². The molecule has 1 saturated heterocycles. The van der Waals surface area contributed by atoms with Gasteiger partial charge in [-0.15, -0.1) is 0 Å². The van der Waals surface area contributed by atoms with Crippen LogP contribution < -0.4 is 5.32 Å².